The van der Waals surface area contributed by atoms with Crippen LogP contribution in [0.4, 0.5) is 0 Å². The molecule has 0 atom stereocenters. The summed E-state index contributed by atoms with van der Waals surface area (Å²) in [6, 6.07) is 7.70. The van der Waals surface area contributed by atoms with Gasteiger partial charge >= 0.3 is 0 Å². The summed E-state index contributed by atoms with van der Waals surface area (Å²) in [6.45, 7) is 1.38. The van der Waals surface area contributed by atoms with E-state index in [0.717, 1.165) is 29.2 Å². The molecule has 1 aromatic carbocycles. The zero-order valence-electron chi connectivity index (χ0n) is 12.6. The smallest absolute Gasteiger partial charge is 0.165 e. The molecule has 0 saturated heterocycles. The molecule has 0 radical (unpaired) electrons. The normalized spacial score (nSPS) is 10.2. The highest BCUT2D eigenvalue weighted by Crippen LogP contribution is 2.35. The molecule has 0 saturated carbocycles. The largest absolute Gasteiger partial charge is 0.497 e. The van der Waals surface area contributed by atoms with Crippen LogP contribution >= 0.6 is 0 Å². The lowest BCUT2D eigenvalue weighted by atomic mass is 10.1. The van der Waals surface area contributed by atoms with Crippen molar-refractivity contribution in [2.45, 2.75) is 13.1 Å². The maximum atomic E-state index is 5.44. The lowest BCUT2D eigenvalue weighted by Gasteiger charge is -2.15. The highest BCUT2D eigenvalue weighted by atomic mass is 16.5. The molecule has 0 amide bonds. The number of hydrogen-bond donors (Lipinski definition) is 1. The van der Waals surface area contributed by atoms with Gasteiger partial charge in [0, 0.05) is 37.1 Å². The van der Waals surface area contributed by atoms with E-state index in [4.69, 9.17) is 14.2 Å². The molecule has 21 heavy (non-hydrogen) atoms. The minimum absolute atomic E-state index is 0.644. The van der Waals surface area contributed by atoms with E-state index in [1.54, 1.807) is 27.5 Å². The maximum Gasteiger partial charge on any atom is 0.165 e. The van der Waals surface area contributed by atoms with Crippen LogP contribution in [0, 0.1) is 0 Å². The minimum atomic E-state index is 0.644. The molecule has 112 valence electrons. The summed E-state index contributed by atoms with van der Waals surface area (Å²) in [7, 11) is 4.88. The number of pyridine rings is 1. The van der Waals surface area contributed by atoms with Gasteiger partial charge in [-0.3, -0.25) is 4.98 Å². The number of benzene rings is 1. The summed E-state index contributed by atoms with van der Waals surface area (Å²) in [6.07, 6.45) is 3.61. The Kier molecular flexibility index (Phi) is 5.40. The van der Waals surface area contributed by atoms with Crippen molar-refractivity contribution < 1.29 is 14.2 Å². The Morgan fingerprint density at radius 3 is 2.52 bits per heavy atom. The van der Waals surface area contributed by atoms with Crippen molar-refractivity contribution in [1.29, 1.82) is 0 Å². The molecule has 5 heteroatoms. The van der Waals surface area contributed by atoms with Gasteiger partial charge in [-0.1, -0.05) is 6.07 Å². The number of ether oxygens (including phenoxy) is 3. The van der Waals surface area contributed by atoms with Crippen LogP contribution in [0.25, 0.3) is 0 Å². The first-order valence-corrected chi connectivity index (χ1v) is 6.67. The Morgan fingerprint density at radius 1 is 1.05 bits per heavy atom. The van der Waals surface area contributed by atoms with Crippen molar-refractivity contribution in [2.24, 2.45) is 0 Å². The molecular formula is C16H20N2O3. The zero-order chi connectivity index (χ0) is 15.1. The standard InChI is InChI=1S/C16H20N2O3/c1-19-14-7-13(16(21-3)15(8-14)20-2)11-18-10-12-5-4-6-17-9-12/h4-9,18H,10-11H2,1-3H3. The average Bonchev–Trinajstić information content (AvgIpc) is 2.54. The molecule has 0 spiro atoms. The highest BCUT2D eigenvalue weighted by molar-refractivity contribution is 5.51. The molecule has 1 aromatic heterocycles. The molecule has 0 aliphatic rings. The van der Waals surface area contributed by atoms with Crippen LogP contribution in [-0.4, -0.2) is 26.3 Å². The Morgan fingerprint density at radius 2 is 1.90 bits per heavy atom. The quantitative estimate of drug-likeness (QED) is 0.848. The van der Waals surface area contributed by atoms with Gasteiger partial charge in [0.2, 0.25) is 0 Å². The minimum Gasteiger partial charge on any atom is -0.497 e. The van der Waals surface area contributed by atoms with Gasteiger partial charge in [-0.15, -0.1) is 0 Å². The number of hydrogen-bond acceptors (Lipinski definition) is 5. The third-order valence-electron chi connectivity index (χ3n) is 3.13. The van der Waals surface area contributed by atoms with Crippen LogP contribution in [0.5, 0.6) is 17.2 Å². The Bertz CT molecular complexity index is 573. The van der Waals surface area contributed by atoms with Gasteiger partial charge < -0.3 is 19.5 Å². The van der Waals surface area contributed by atoms with Gasteiger partial charge in [0.25, 0.3) is 0 Å². The second-order valence-electron chi connectivity index (χ2n) is 4.49. The van der Waals surface area contributed by atoms with E-state index in [0.29, 0.717) is 12.3 Å². The number of nitrogens with one attached hydrogen (secondary N) is 1. The second-order valence-corrected chi connectivity index (χ2v) is 4.49. The third kappa shape index (κ3) is 3.86. The lowest BCUT2D eigenvalue weighted by Crippen LogP contribution is -2.14. The summed E-state index contributed by atoms with van der Waals surface area (Å²) >= 11 is 0. The topological polar surface area (TPSA) is 52.6 Å². The van der Waals surface area contributed by atoms with Crippen molar-refractivity contribution in [3.8, 4) is 17.2 Å². The molecule has 2 aromatic rings. The van der Waals surface area contributed by atoms with Crippen LogP contribution in [0.3, 0.4) is 0 Å². The Labute approximate surface area is 124 Å². The molecule has 0 unspecified atom stereocenters. The van der Waals surface area contributed by atoms with Crippen molar-refractivity contribution in [1.82, 2.24) is 10.3 Å². The van der Waals surface area contributed by atoms with Gasteiger partial charge in [-0.2, -0.15) is 0 Å². The van der Waals surface area contributed by atoms with Gasteiger partial charge in [-0.05, 0) is 17.7 Å². The van der Waals surface area contributed by atoms with Crippen molar-refractivity contribution >= 4 is 0 Å². The summed E-state index contributed by atoms with van der Waals surface area (Å²) in [5.41, 5.74) is 2.11. The SMILES string of the molecule is COc1cc(CNCc2cccnc2)c(OC)c(OC)c1. The van der Waals surface area contributed by atoms with Crippen LogP contribution in [0.1, 0.15) is 11.1 Å². The van der Waals surface area contributed by atoms with Gasteiger partial charge in [0.05, 0.1) is 21.3 Å². The Hall–Kier alpha value is -2.27. The second kappa shape index (κ2) is 7.50. The Balaban J connectivity index is 2.11. The van der Waals surface area contributed by atoms with Crippen molar-refractivity contribution in [2.75, 3.05) is 21.3 Å². The number of aromatic nitrogens is 1. The maximum absolute atomic E-state index is 5.44. The molecule has 1 N–H and O–H groups in total. The zero-order valence-corrected chi connectivity index (χ0v) is 12.6. The molecule has 0 fully saturated rings. The van der Waals surface area contributed by atoms with Crippen LogP contribution in [0.15, 0.2) is 36.7 Å². The fourth-order valence-electron chi connectivity index (χ4n) is 2.11. The molecule has 1 heterocycles. The first-order chi connectivity index (χ1) is 10.3. The molecule has 0 aliphatic carbocycles. The van der Waals surface area contributed by atoms with E-state index >= 15 is 0 Å². The van der Waals surface area contributed by atoms with E-state index in [2.05, 4.69) is 10.3 Å². The van der Waals surface area contributed by atoms with Crippen LogP contribution in [-0.2, 0) is 13.1 Å². The summed E-state index contributed by atoms with van der Waals surface area (Å²) in [5, 5.41) is 3.36. The third-order valence-corrected chi connectivity index (χ3v) is 3.13. The average molecular weight is 288 g/mol. The summed E-state index contributed by atoms with van der Waals surface area (Å²) in [4.78, 5) is 4.09. The molecule has 0 aliphatic heterocycles. The summed E-state index contributed by atoms with van der Waals surface area (Å²) in [5.74, 6) is 2.12. The van der Waals surface area contributed by atoms with E-state index in [1.807, 2.05) is 30.5 Å². The first kappa shape index (κ1) is 15.1. The van der Waals surface area contributed by atoms with Crippen LogP contribution in [0.2, 0.25) is 0 Å². The van der Waals surface area contributed by atoms with E-state index in [9.17, 15) is 0 Å². The van der Waals surface area contributed by atoms with Gasteiger partial charge in [-0.25, -0.2) is 0 Å². The fraction of sp³-hybridized carbons (Fsp3) is 0.312. The van der Waals surface area contributed by atoms with Crippen LogP contribution < -0.4 is 19.5 Å². The molecule has 2 rings (SSSR count). The van der Waals surface area contributed by atoms with E-state index in [-0.39, 0.29) is 0 Å². The predicted octanol–water partition coefficient (Wildman–Crippen LogP) is 2.40. The lowest BCUT2D eigenvalue weighted by molar-refractivity contribution is 0.344. The van der Waals surface area contributed by atoms with Gasteiger partial charge in [0.15, 0.2) is 11.5 Å². The molecule has 0 bridgehead atoms. The highest BCUT2D eigenvalue weighted by Gasteiger charge is 2.12. The van der Waals surface area contributed by atoms with Crippen molar-refractivity contribution in [3.63, 3.8) is 0 Å². The number of nitrogens with zero attached hydrogens (tertiary/aromatic N) is 1. The van der Waals surface area contributed by atoms with Gasteiger partial charge in [0.1, 0.15) is 5.75 Å². The fourth-order valence-corrected chi connectivity index (χ4v) is 2.11. The number of methoxy groups -OCH3 is 3. The monoisotopic (exact) mass is 288 g/mol. The summed E-state index contributed by atoms with van der Waals surface area (Å²) < 4.78 is 16.1. The predicted molar refractivity (Wildman–Crippen MR) is 80.9 cm³/mol. The van der Waals surface area contributed by atoms with Crippen molar-refractivity contribution in [3.05, 3.63) is 47.8 Å². The molecule has 5 nitrogen and oxygen atoms in total. The van der Waals surface area contributed by atoms with E-state index < -0.39 is 0 Å². The first-order valence-electron chi connectivity index (χ1n) is 6.67. The van der Waals surface area contributed by atoms with E-state index in [1.165, 1.54) is 0 Å². The number of rotatable bonds is 7. The molecular weight excluding hydrogens is 268 g/mol.